The second kappa shape index (κ2) is 15.1. The van der Waals surface area contributed by atoms with Gasteiger partial charge in [-0.15, -0.1) is 0 Å². The number of unbranched alkanes of at least 4 members (excludes halogenated alkanes) is 1. The molecule has 5 rings (SSSR count). The third-order valence-corrected chi connectivity index (χ3v) is 8.94. The Morgan fingerprint density at radius 2 is 1.81 bits per heavy atom. The fraction of sp³-hybridized carbons (Fsp3) is 0.618. The first-order valence-electron chi connectivity index (χ1n) is 16.9. The molecule has 1 aromatic carbocycles. The van der Waals surface area contributed by atoms with E-state index in [9.17, 15) is 9.59 Å². The predicted octanol–water partition coefficient (Wildman–Crippen LogP) is 4.66. The van der Waals surface area contributed by atoms with Crippen LogP contribution in [0.25, 0.3) is 11.0 Å². The van der Waals surface area contributed by atoms with Crippen molar-refractivity contribution in [1.29, 1.82) is 0 Å². The van der Waals surface area contributed by atoms with Gasteiger partial charge in [0.15, 0.2) is 11.3 Å². The summed E-state index contributed by atoms with van der Waals surface area (Å²) in [7, 11) is 1.68. The molecule has 256 valence electrons. The van der Waals surface area contributed by atoms with Gasteiger partial charge < -0.3 is 35.6 Å². The van der Waals surface area contributed by atoms with Crippen LogP contribution in [0.3, 0.4) is 0 Å². The Hall–Kier alpha value is -4.29. The lowest BCUT2D eigenvalue weighted by atomic mass is 9.81. The highest BCUT2D eigenvalue weighted by atomic mass is 16.6. The molecular weight excluding hydrogens is 598 g/mol. The van der Waals surface area contributed by atoms with Crippen molar-refractivity contribution in [2.45, 2.75) is 78.4 Å². The molecule has 1 saturated heterocycles. The molecule has 0 unspecified atom stereocenters. The van der Waals surface area contributed by atoms with E-state index < -0.39 is 5.60 Å². The summed E-state index contributed by atoms with van der Waals surface area (Å²) in [5, 5.41) is 11.0. The van der Waals surface area contributed by atoms with Gasteiger partial charge in [-0.05, 0) is 64.9 Å². The number of nitrogens with one attached hydrogen (secondary N) is 2. The fourth-order valence-corrected chi connectivity index (χ4v) is 6.40. The van der Waals surface area contributed by atoms with Gasteiger partial charge in [0.2, 0.25) is 11.9 Å². The molecule has 0 radical (unpaired) electrons. The second-order valence-electron chi connectivity index (χ2n) is 13.7. The summed E-state index contributed by atoms with van der Waals surface area (Å²) < 4.78 is 13.0. The molecule has 2 aliphatic rings. The zero-order chi connectivity index (χ0) is 33.6. The summed E-state index contributed by atoms with van der Waals surface area (Å²) in [5.74, 6) is 2.36. The SMILES string of the molecule is CCCCNc1nc(N)nc2cn(Cc3ccc(N4CCN(C(=O)C5CCC(CNC(=O)OC(C)(C)C)CC5)CC4)cc3OC)nc12. The lowest BCUT2D eigenvalue weighted by molar-refractivity contribution is -0.137. The topological polar surface area (TPSA) is 153 Å². The first kappa shape index (κ1) is 34.1. The Morgan fingerprint density at radius 3 is 2.49 bits per heavy atom. The molecule has 2 amide bonds. The monoisotopic (exact) mass is 649 g/mol. The van der Waals surface area contributed by atoms with E-state index >= 15 is 0 Å². The number of hydrogen-bond donors (Lipinski definition) is 3. The maximum absolute atomic E-state index is 13.4. The number of rotatable bonds is 11. The number of aromatic nitrogens is 4. The molecule has 1 saturated carbocycles. The molecule has 2 aromatic heterocycles. The maximum Gasteiger partial charge on any atom is 0.407 e. The largest absolute Gasteiger partial charge is 0.496 e. The van der Waals surface area contributed by atoms with Gasteiger partial charge in [0.1, 0.15) is 16.9 Å². The number of nitrogens with two attached hydrogens (primary N) is 1. The van der Waals surface area contributed by atoms with Gasteiger partial charge in [-0.3, -0.25) is 9.48 Å². The standard InChI is InChI=1S/C34H51N9O4/c1-6-7-14-36-30-29-27(38-32(35)39-30)22-43(40-29)21-25-12-13-26(19-28(25)46-5)41-15-17-42(18-16-41)31(44)24-10-8-23(9-11-24)20-37-33(45)47-34(2,3)4/h12-13,19,22-24H,6-11,14-18,20-21H2,1-5H3,(H,37,45)(H3,35,36,38,39). The Labute approximate surface area is 277 Å². The fourth-order valence-electron chi connectivity index (χ4n) is 6.40. The number of fused-ring (bicyclic) bond motifs is 1. The molecule has 13 heteroatoms. The lowest BCUT2D eigenvalue weighted by Crippen LogP contribution is -2.51. The quantitative estimate of drug-likeness (QED) is 0.250. The highest BCUT2D eigenvalue weighted by molar-refractivity contribution is 5.85. The third-order valence-electron chi connectivity index (χ3n) is 8.94. The number of hydrogen-bond acceptors (Lipinski definition) is 10. The van der Waals surface area contributed by atoms with Crippen LogP contribution in [0.5, 0.6) is 5.75 Å². The number of anilines is 3. The normalized spacial score (nSPS) is 18.7. The van der Waals surface area contributed by atoms with Crippen molar-refractivity contribution in [2.24, 2.45) is 11.8 Å². The number of nitrogens with zero attached hydrogens (tertiary/aromatic N) is 6. The van der Waals surface area contributed by atoms with E-state index in [-0.39, 0.29) is 23.9 Å². The number of methoxy groups -OCH3 is 1. The second-order valence-corrected chi connectivity index (χ2v) is 13.7. The van der Waals surface area contributed by atoms with Crippen LogP contribution in [-0.4, -0.2) is 88.6 Å². The minimum absolute atomic E-state index is 0.0586. The highest BCUT2D eigenvalue weighted by Gasteiger charge is 2.31. The van der Waals surface area contributed by atoms with Crippen molar-refractivity contribution >= 4 is 40.5 Å². The van der Waals surface area contributed by atoms with E-state index in [1.165, 1.54) is 0 Å². The number of ether oxygens (including phenoxy) is 2. The summed E-state index contributed by atoms with van der Waals surface area (Å²) in [4.78, 5) is 38.5. The Kier molecular flexibility index (Phi) is 10.9. The molecule has 4 N–H and O–H groups in total. The van der Waals surface area contributed by atoms with Crippen molar-refractivity contribution in [3.8, 4) is 5.75 Å². The molecular formula is C34H51N9O4. The number of carbonyl (C=O) groups is 2. The van der Waals surface area contributed by atoms with Crippen molar-refractivity contribution in [2.75, 3.05) is 62.3 Å². The number of amides is 2. The lowest BCUT2D eigenvalue weighted by Gasteiger charge is -2.39. The summed E-state index contributed by atoms with van der Waals surface area (Å²) in [5.41, 5.74) is 8.92. The summed E-state index contributed by atoms with van der Waals surface area (Å²) in [6.45, 7) is 12.5. The average molecular weight is 650 g/mol. The molecule has 3 heterocycles. The first-order valence-corrected chi connectivity index (χ1v) is 16.9. The van der Waals surface area contributed by atoms with Gasteiger partial charge in [-0.25, -0.2) is 9.78 Å². The molecule has 47 heavy (non-hydrogen) atoms. The van der Waals surface area contributed by atoms with E-state index in [4.69, 9.17) is 20.3 Å². The maximum atomic E-state index is 13.4. The molecule has 1 aliphatic carbocycles. The molecule has 13 nitrogen and oxygen atoms in total. The van der Waals surface area contributed by atoms with Gasteiger partial charge in [0, 0.05) is 62.5 Å². The Bertz CT molecular complexity index is 1520. The summed E-state index contributed by atoms with van der Waals surface area (Å²) in [6, 6.07) is 6.26. The van der Waals surface area contributed by atoms with E-state index in [0.717, 1.165) is 75.2 Å². The van der Waals surface area contributed by atoms with Crippen molar-refractivity contribution in [3.63, 3.8) is 0 Å². The van der Waals surface area contributed by atoms with Gasteiger partial charge in [0.05, 0.1) is 19.9 Å². The van der Waals surface area contributed by atoms with Crippen LogP contribution < -0.4 is 26.0 Å². The zero-order valence-corrected chi connectivity index (χ0v) is 28.6. The average Bonchev–Trinajstić information content (AvgIpc) is 3.45. The number of benzene rings is 1. The highest BCUT2D eigenvalue weighted by Crippen LogP contribution is 2.32. The van der Waals surface area contributed by atoms with Gasteiger partial charge in [-0.1, -0.05) is 19.4 Å². The first-order chi connectivity index (χ1) is 22.5. The number of alkyl carbamates (subject to hydrolysis) is 1. The Balaban J connectivity index is 1.12. The van der Waals surface area contributed by atoms with Crippen LogP contribution in [0, 0.1) is 11.8 Å². The molecule has 0 spiro atoms. The molecule has 1 aliphatic heterocycles. The van der Waals surface area contributed by atoms with Crippen LogP contribution in [0.1, 0.15) is 71.8 Å². The van der Waals surface area contributed by atoms with Crippen molar-refractivity contribution in [1.82, 2.24) is 30.0 Å². The summed E-state index contributed by atoms with van der Waals surface area (Å²) in [6.07, 6.45) is 7.21. The summed E-state index contributed by atoms with van der Waals surface area (Å²) >= 11 is 0. The van der Waals surface area contributed by atoms with Crippen LogP contribution in [-0.2, 0) is 16.1 Å². The third kappa shape index (κ3) is 8.95. The Morgan fingerprint density at radius 1 is 1.06 bits per heavy atom. The van der Waals surface area contributed by atoms with E-state index in [0.29, 0.717) is 48.9 Å². The molecule has 0 bridgehead atoms. The van der Waals surface area contributed by atoms with Gasteiger partial charge >= 0.3 is 6.09 Å². The zero-order valence-electron chi connectivity index (χ0n) is 28.6. The molecule has 0 atom stereocenters. The predicted molar refractivity (Wildman–Crippen MR) is 184 cm³/mol. The van der Waals surface area contributed by atoms with Crippen molar-refractivity contribution in [3.05, 3.63) is 30.0 Å². The number of carbonyl (C=O) groups excluding carboxylic acids is 2. The van der Waals surface area contributed by atoms with Crippen LogP contribution in [0.2, 0.25) is 0 Å². The van der Waals surface area contributed by atoms with Crippen LogP contribution in [0.4, 0.5) is 22.2 Å². The van der Waals surface area contributed by atoms with E-state index in [2.05, 4.69) is 50.6 Å². The minimum atomic E-state index is -0.507. The number of nitrogen functional groups attached to an aromatic ring is 1. The minimum Gasteiger partial charge on any atom is -0.496 e. The van der Waals surface area contributed by atoms with Crippen molar-refractivity contribution < 1.29 is 19.1 Å². The number of piperazine rings is 1. The van der Waals surface area contributed by atoms with E-state index in [1.807, 2.05) is 36.5 Å². The van der Waals surface area contributed by atoms with Gasteiger partial charge in [-0.2, -0.15) is 10.1 Å². The molecule has 2 fully saturated rings. The van der Waals surface area contributed by atoms with Crippen LogP contribution in [0.15, 0.2) is 24.4 Å². The van der Waals surface area contributed by atoms with E-state index in [1.54, 1.807) is 7.11 Å². The van der Waals surface area contributed by atoms with Crippen LogP contribution >= 0.6 is 0 Å². The molecule has 3 aromatic rings. The smallest absolute Gasteiger partial charge is 0.407 e. The van der Waals surface area contributed by atoms with Gasteiger partial charge in [0.25, 0.3) is 0 Å².